The maximum absolute atomic E-state index is 11.2. The summed E-state index contributed by atoms with van der Waals surface area (Å²) in [6, 6.07) is 11.9. The van der Waals surface area contributed by atoms with Crippen LogP contribution in [0.2, 0.25) is 0 Å². The third kappa shape index (κ3) is 3.92. The van der Waals surface area contributed by atoms with Gasteiger partial charge >= 0.3 is 0 Å². The van der Waals surface area contributed by atoms with Crippen LogP contribution in [0.15, 0.2) is 59.2 Å². The summed E-state index contributed by atoms with van der Waals surface area (Å²) in [4.78, 5) is 8.11. The summed E-state index contributed by atoms with van der Waals surface area (Å²) in [6.45, 7) is 0.547. The average molecular weight is 346 g/mol. The molecule has 0 aliphatic carbocycles. The summed E-state index contributed by atoms with van der Waals surface area (Å²) in [5.74, 6) is 0. The number of anilines is 1. The van der Waals surface area contributed by atoms with Gasteiger partial charge in [0.25, 0.3) is 0 Å². The molecule has 0 spiro atoms. The quantitative estimate of drug-likeness (QED) is 0.739. The Morgan fingerprint density at radius 2 is 1.87 bits per heavy atom. The molecule has 0 radical (unpaired) electrons. The molecule has 2 heterocycles. The fraction of sp³-hybridized carbons (Fsp3) is 0.0667. The first-order valence-electron chi connectivity index (χ1n) is 6.74. The fourth-order valence-corrected chi connectivity index (χ4v) is 3.45. The summed E-state index contributed by atoms with van der Waals surface area (Å²) < 4.78 is 22.5. The Bertz CT molecular complexity index is 891. The number of hydrogen-bond donors (Lipinski definition) is 2. The number of thiazole rings is 1. The van der Waals surface area contributed by atoms with Gasteiger partial charge < -0.3 is 5.32 Å². The predicted octanol–water partition coefficient (Wildman–Crippen LogP) is 2.46. The smallest absolute Gasteiger partial charge is 0.249 e. The molecule has 0 unspecified atom stereocenters. The number of pyridine rings is 1. The minimum atomic E-state index is -3.69. The lowest BCUT2D eigenvalue weighted by atomic mass is 10.1. The molecule has 3 N–H and O–H groups in total. The normalized spacial score (nSPS) is 11.3. The number of primary sulfonamides is 1. The molecule has 0 aliphatic heterocycles. The fourth-order valence-electron chi connectivity index (χ4n) is 2.00. The first kappa shape index (κ1) is 15.6. The van der Waals surface area contributed by atoms with Crippen LogP contribution >= 0.6 is 11.3 Å². The maximum atomic E-state index is 11.2. The van der Waals surface area contributed by atoms with Crippen molar-refractivity contribution in [2.45, 2.75) is 10.8 Å². The first-order valence-corrected chi connectivity index (χ1v) is 9.10. The third-order valence-electron chi connectivity index (χ3n) is 3.16. The van der Waals surface area contributed by atoms with Gasteiger partial charge in [0.05, 0.1) is 6.20 Å². The van der Waals surface area contributed by atoms with Crippen molar-refractivity contribution in [1.29, 1.82) is 0 Å². The van der Waals surface area contributed by atoms with E-state index in [9.17, 15) is 8.42 Å². The molecule has 0 amide bonds. The van der Waals surface area contributed by atoms with Gasteiger partial charge in [-0.3, -0.25) is 4.98 Å². The van der Waals surface area contributed by atoms with Crippen LogP contribution in [0, 0.1) is 0 Å². The van der Waals surface area contributed by atoms with E-state index < -0.39 is 10.0 Å². The van der Waals surface area contributed by atoms with Crippen molar-refractivity contribution < 1.29 is 8.42 Å². The van der Waals surface area contributed by atoms with E-state index in [1.54, 1.807) is 6.20 Å². The van der Waals surface area contributed by atoms with Gasteiger partial charge in [0.1, 0.15) is 0 Å². The molecular formula is C15H14N4O2S2. The van der Waals surface area contributed by atoms with Crippen LogP contribution < -0.4 is 10.5 Å². The van der Waals surface area contributed by atoms with E-state index in [4.69, 9.17) is 5.14 Å². The Morgan fingerprint density at radius 1 is 1.09 bits per heavy atom. The van der Waals surface area contributed by atoms with Crippen molar-refractivity contribution in [2.75, 3.05) is 5.32 Å². The number of benzene rings is 1. The molecule has 3 rings (SSSR count). The second kappa shape index (κ2) is 6.45. The second-order valence-electron chi connectivity index (χ2n) is 4.82. The number of aromatic nitrogens is 2. The van der Waals surface area contributed by atoms with E-state index in [-0.39, 0.29) is 4.21 Å². The van der Waals surface area contributed by atoms with Crippen LogP contribution in [-0.4, -0.2) is 18.4 Å². The van der Waals surface area contributed by atoms with E-state index in [2.05, 4.69) is 15.3 Å². The summed E-state index contributed by atoms with van der Waals surface area (Å²) in [7, 11) is -3.69. The molecular weight excluding hydrogens is 332 g/mol. The Morgan fingerprint density at radius 3 is 2.48 bits per heavy atom. The van der Waals surface area contributed by atoms with Crippen LogP contribution in [0.25, 0.3) is 11.1 Å². The van der Waals surface area contributed by atoms with Crippen LogP contribution in [0.5, 0.6) is 0 Å². The third-order valence-corrected chi connectivity index (χ3v) is 5.52. The Balaban J connectivity index is 1.66. The molecule has 118 valence electrons. The number of nitrogens with zero attached hydrogens (tertiary/aromatic N) is 2. The van der Waals surface area contributed by atoms with Crippen molar-refractivity contribution in [3.63, 3.8) is 0 Å². The van der Waals surface area contributed by atoms with E-state index >= 15 is 0 Å². The maximum Gasteiger partial charge on any atom is 0.249 e. The average Bonchev–Trinajstić information content (AvgIpc) is 3.04. The highest BCUT2D eigenvalue weighted by molar-refractivity contribution is 7.91. The highest BCUT2D eigenvalue weighted by Crippen LogP contribution is 2.23. The number of nitrogens with two attached hydrogens (primary N) is 1. The van der Waals surface area contributed by atoms with E-state index in [0.717, 1.165) is 28.0 Å². The SMILES string of the molecule is NS(=O)(=O)c1cnc(NCc2ccc(-c3cccnc3)cc2)s1. The number of nitrogens with one attached hydrogen (secondary N) is 1. The number of rotatable bonds is 5. The van der Waals surface area contributed by atoms with Gasteiger partial charge in [0.2, 0.25) is 10.0 Å². The van der Waals surface area contributed by atoms with E-state index in [1.807, 2.05) is 42.6 Å². The van der Waals surface area contributed by atoms with Gasteiger partial charge in [0.15, 0.2) is 9.34 Å². The number of hydrogen-bond acceptors (Lipinski definition) is 6. The van der Waals surface area contributed by atoms with Gasteiger partial charge in [-0.15, -0.1) is 0 Å². The van der Waals surface area contributed by atoms with Crippen molar-refractivity contribution >= 4 is 26.5 Å². The van der Waals surface area contributed by atoms with Crippen molar-refractivity contribution in [3.8, 4) is 11.1 Å². The molecule has 1 aromatic carbocycles. The summed E-state index contributed by atoms with van der Waals surface area (Å²) >= 11 is 1.02. The summed E-state index contributed by atoms with van der Waals surface area (Å²) in [6.07, 6.45) is 4.82. The van der Waals surface area contributed by atoms with E-state index in [0.29, 0.717) is 11.7 Å². The first-order chi connectivity index (χ1) is 11.0. The molecule has 6 nitrogen and oxygen atoms in total. The molecule has 0 aliphatic rings. The van der Waals surface area contributed by atoms with Crippen LogP contribution in [0.3, 0.4) is 0 Å². The highest BCUT2D eigenvalue weighted by Gasteiger charge is 2.12. The zero-order chi connectivity index (χ0) is 16.3. The van der Waals surface area contributed by atoms with Crippen LogP contribution in [-0.2, 0) is 16.6 Å². The summed E-state index contributed by atoms with van der Waals surface area (Å²) in [5.41, 5.74) is 3.21. The van der Waals surface area contributed by atoms with Crippen molar-refractivity contribution in [2.24, 2.45) is 5.14 Å². The molecule has 0 saturated heterocycles. The minimum absolute atomic E-state index is 0.0481. The lowest BCUT2D eigenvalue weighted by Gasteiger charge is -2.05. The van der Waals surface area contributed by atoms with Gasteiger partial charge in [-0.2, -0.15) is 0 Å². The Kier molecular flexibility index (Phi) is 4.37. The van der Waals surface area contributed by atoms with E-state index in [1.165, 1.54) is 6.20 Å². The van der Waals surface area contributed by atoms with Gasteiger partial charge in [0, 0.05) is 18.9 Å². The van der Waals surface area contributed by atoms with Crippen molar-refractivity contribution in [3.05, 3.63) is 60.6 Å². The molecule has 0 saturated carbocycles. The highest BCUT2D eigenvalue weighted by atomic mass is 32.2. The largest absolute Gasteiger partial charge is 0.357 e. The van der Waals surface area contributed by atoms with Gasteiger partial charge in [-0.1, -0.05) is 41.7 Å². The molecule has 0 bridgehead atoms. The summed E-state index contributed by atoms with van der Waals surface area (Å²) in [5, 5.41) is 8.67. The second-order valence-corrected chi connectivity index (χ2v) is 7.64. The molecule has 0 fully saturated rings. The molecule has 23 heavy (non-hydrogen) atoms. The topological polar surface area (TPSA) is 98.0 Å². The standard InChI is InChI=1S/C15H14N4O2S2/c16-23(20,21)14-10-19-15(22-14)18-8-11-3-5-12(6-4-11)13-2-1-7-17-9-13/h1-7,9-10H,8H2,(H,18,19)(H2,16,20,21). The molecule has 0 atom stereocenters. The van der Waals surface area contributed by atoms with Gasteiger partial charge in [-0.25, -0.2) is 18.5 Å². The van der Waals surface area contributed by atoms with Crippen LogP contribution in [0.4, 0.5) is 5.13 Å². The lowest BCUT2D eigenvalue weighted by Crippen LogP contribution is -2.09. The molecule has 2 aromatic heterocycles. The Hall–Kier alpha value is -2.29. The Labute approximate surface area is 138 Å². The zero-order valence-electron chi connectivity index (χ0n) is 12.0. The predicted molar refractivity (Wildman–Crippen MR) is 90.5 cm³/mol. The minimum Gasteiger partial charge on any atom is -0.357 e. The number of sulfonamides is 1. The van der Waals surface area contributed by atoms with Gasteiger partial charge in [-0.05, 0) is 22.8 Å². The lowest BCUT2D eigenvalue weighted by molar-refractivity contribution is 0.599. The monoisotopic (exact) mass is 346 g/mol. The van der Waals surface area contributed by atoms with Crippen LogP contribution in [0.1, 0.15) is 5.56 Å². The zero-order valence-corrected chi connectivity index (χ0v) is 13.6. The molecule has 8 heteroatoms. The van der Waals surface area contributed by atoms with Crippen molar-refractivity contribution in [1.82, 2.24) is 9.97 Å². The molecule has 3 aromatic rings.